The zero-order valence-corrected chi connectivity index (χ0v) is 38.4. The molecule has 0 aromatic rings. The second kappa shape index (κ2) is 19.8. The van der Waals surface area contributed by atoms with Crippen molar-refractivity contribution in [2.24, 2.45) is 52.3 Å². The van der Waals surface area contributed by atoms with Gasteiger partial charge in [0.1, 0.15) is 73.2 Å². The Morgan fingerprint density at radius 3 is 1.85 bits per heavy atom. The standard InChI is InChI=1S/C46H78O19/c1-20(19-59-41-38(56)35(53)32(50)28(16-47)61-41)8-13-46(58-5)21(2)31-27(65-46)15-26-24-7-6-22-14-23(9-11-44(22,3)25(24)10-12-45(26,31)4)60-43-40(37(55)34(52)30(18-49)63-43)64-42-39(57)36(54)33(51)29(17-48)62-42/h20-43,47-57H,6-19H2,1-5H3/t20?,21-,22?,23-,24+,25-,26-,27-,28+,29+,30+,31-,32+,33+,34-,35-,36-,37-,38+,39+,40+,41+,42-,43+,44-,45-,46?/m0/s1. The van der Waals surface area contributed by atoms with Crippen LogP contribution in [0.25, 0.3) is 0 Å². The number of aliphatic hydroxyl groups excluding tert-OH is 11. The van der Waals surface area contributed by atoms with Crippen LogP contribution in [-0.2, 0) is 37.9 Å². The van der Waals surface area contributed by atoms with Crippen LogP contribution < -0.4 is 0 Å². The number of ether oxygens (including phenoxy) is 8. The Morgan fingerprint density at radius 2 is 1.22 bits per heavy atom. The second-order valence-electron chi connectivity index (χ2n) is 21.6. The van der Waals surface area contributed by atoms with E-state index in [1.165, 1.54) is 0 Å². The van der Waals surface area contributed by atoms with Gasteiger partial charge in [-0.3, -0.25) is 0 Å². The van der Waals surface area contributed by atoms with E-state index < -0.39 is 118 Å². The number of aliphatic hydroxyl groups is 11. The van der Waals surface area contributed by atoms with Crippen LogP contribution >= 0.6 is 0 Å². The molecule has 4 heterocycles. The Balaban J connectivity index is 0.880. The molecule has 376 valence electrons. The predicted molar refractivity (Wildman–Crippen MR) is 224 cm³/mol. The first-order valence-corrected chi connectivity index (χ1v) is 24.2. The first kappa shape index (κ1) is 50.6. The molecule has 0 bridgehead atoms. The summed E-state index contributed by atoms with van der Waals surface area (Å²) in [6, 6.07) is 0. The molecule has 8 aliphatic rings. The summed E-state index contributed by atoms with van der Waals surface area (Å²) in [6.45, 7) is 7.69. The summed E-state index contributed by atoms with van der Waals surface area (Å²) in [4.78, 5) is 0. The van der Waals surface area contributed by atoms with E-state index in [-0.39, 0.29) is 41.5 Å². The lowest BCUT2D eigenvalue weighted by Gasteiger charge is -2.61. The molecule has 27 atom stereocenters. The molecule has 8 fully saturated rings. The molecule has 11 N–H and O–H groups in total. The van der Waals surface area contributed by atoms with Crippen LogP contribution in [-0.4, -0.2) is 200 Å². The van der Waals surface area contributed by atoms with E-state index in [2.05, 4.69) is 20.8 Å². The molecule has 19 nitrogen and oxygen atoms in total. The van der Waals surface area contributed by atoms with E-state index in [0.29, 0.717) is 48.9 Å². The average molecular weight is 935 g/mol. The molecule has 65 heavy (non-hydrogen) atoms. The summed E-state index contributed by atoms with van der Waals surface area (Å²) < 4.78 is 48.8. The molecule has 0 amide bonds. The first-order chi connectivity index (χ1) is 30.9. The van der Waals surface area contributed by atoms with Crippen molar-refractivity contribution in [2.45, 2.75) is 202 Å². The van der Waals surface area contributed by atoms with Gasteiger partial charge in [0, 0.05) is 19.4 Å². The maximum absolute atomic E-state index is 11.2. The zero-order chi connectivity index (χ0) is 46.9. The van der Waals surface area contributed by atoms with Crippen molar-refractivity contribution in [2.75, 3.05) is 33.5 Å². The van der Waals surface area contributed by atoms with Gasteiger partial charge in [0.05, 0.1) is 38.6 Å². The van der Waals surface area contributed by atoms with Crippen molar-refractivity contribution in [3.05, 3.63) is 0 Å². The van der Waals surface area contributed by atoms with Crippen molar-refractivity contribution < 1.29 is 94.1 Å². The van der Waals surface area contributed by atoms with E-state index in [9.17, 15) is 56.2 Å². The molecule has 0 spiro atoms. The zero-order valence-electron chi connectivity index (χ0n) is 38.4. The summed E-state index contributed by atoms with van der Waals surface area (Å²) in [5.41, 5.74) is 0.150. The largest absolute Gasteiger partial charge is 0.394 e. The van der Waals surface area contributed by atoms with E-state index in [1.54, 1.807) is 7.11 Å². The lowest BCUT2D eigenvalue weighted by atomic mass is 9.44. The quantitative estimate of drug-likeness (QED) is 0.0920. The molecule has 19 heteroatoms. The summed E-state index contributed by atoms with van der Waals surface area (Å²) in [7, 11) is 1.73. The number of hydrogen-bond acceptors (Lipinski definition) is 19. The molecule has 4 saturated heterocycles. The Kier molecular flexibility index (Phi) is 15.4. The van der Waals surface area contributed by atoms with Crippen LogP contribution in [0.2, 0.25) is 0 Å². The van der Waals surface area contributed by atoms with Crippen LogP contribution in [0.4, 0.5) is 0 Å². The van der Waals surface area contributed by atoms with Crippen LogP contribution in [0.1, 0.15) is 91.9 Å². The van der Waals surface area contributed by atoms with E-state index in [4.69, 9.17) is 37.9 Å². The Morgan fingerprint density at radius 1 is 0.631 bits per heavy atom. The molecule has 0 aromatic carbocycles. The van der Waals surface area contributed by atoms with Gasteiger partial charge in [-0.05, 0) is 104 Å². The van der Waals surface area contributed by atoms with Crippen molar-refractivity contribution in [1.82, 2.24) is 0 Å². The highest BCUT2D eigenvalue weighted by Crippen LogP contribution is 2.71. The van der Waals surface area contributed by atoms with Gasteiger partial charge in [-0.1, -0.05) is 27.7 Å². The number of hydrogen-bond donors (Lipinski definition) is 11. The third kappa shape index (κ3) is 8.90. The summed E-state index contributed by atoms with van der Waals surface area (Å²) in [5.74, 6) is 1.67. The number of methoxy groups -OCH3 is 1. The fraction of sp³-hybridized carbons (Fsp3) is 1.00. The molecular formula is C46H78O19. The molecule has 0 radical (unpaired) electrons. The SMILES string of the molecule is COC1(CCC(C)CO[C@@H]2O[C@H](CO)[C@@H](O)[C@H](O)[C@H]2O)O[C@H]2C[C@H]3[C@@H]4CCC5C[C@@H](O[C@@H]6O[C@H](CO)[C@H](O)[C@H](O)[C@H]6O[C@@H]6O[C@H](CO)[C@@H](O)[C@H](O)[C@H]6O)CC[C@]5(C)[C@H]4CC[C@]3(C)[C@H]2[C@@H]1C. The number of fused-ring (bicyclic) bond motifs is 7. The van der Waals surface area contributed by atoms with Crippen molar-refractivity contribution in [3.63, 3.8) is 0 Å². The molecule has 4 saturated carbocycles. The fourth-order valence-corrected chi connectivity index (χ4v) is 14.5. The van der Waals surface area contributed by atoms with Crippen LogP contribution in [0, 0.1) is 52.3 Å². The fourth-order valence-electron chi connectivity index (χ4n) is 14.5. The summed E-state index contributed by atoms with van der Waals surface area (Å²) in [6.07, 6.45) is -12.7. The summed E-state index contributed by atoms with van der Waals surface area (Å²) in [5, 5.41) is 113. The van der Waals surface area contributed by atoms with Gasteiger partial charge in [0.25, 0.3) is 0 Å². The van der Waals surface area contributed by atoms with Gasteiger partial charge in [0.2, 0.25) is 0 Å². The van der Waals surface area contributed by atoms with E-state index >= 15 is 0 Å². The van der Waals surface area contributed by atoms with Gasteiger partial charge in [-0.15, -0.1) is 0 Å². The molecule has 8 rings (SSSR count). The topological polar surface area (TPSA) is 296 Å². The van der Waals surface area contributed by atoms with Gasteiger partial charge in [-0.25, -0.2) is 0 Å². The van der Waals surface area contributed by atoms with Crippen LogP contribution in [0.15, 0.2) is 0 Å². The van der Waals surface area contributed by atoms with Gasteiger partial charge in [-0.2, -0.15) is 0 Å². The monoisotopic (exact) mass is 935 g/mol. The van der Waals surface area contributed by atoms with Crippen LogP contribution in [0.5, 0.6) is 0 Å². The second-order valence-corrected chi connectivity index (χ2v) is 21.6. The highest BCUT2D eigenvalue weighted by atomic mass is 16.8. The highest BCUT2D eigenvalue weighted by molar-refractivity contribution is 5.15. The molecule has 4 aliphatic heterocycles. The first-order valence-electron chi connectivity index (χ1n) is 24.2. The normalized spacial score (nSPS) is 54.9. The van der Waals surface area contributed by atoms with Gasteiger partial charge >= 0.3 is 0 Å². The third-order valence-electron chi connectivity index (χ3n) is 18.3. The van der Waals surface area contributed by atoms with E-state index in [0.717, 1.165) is 44.9 Å². The summed E-state index contributed by atoms with van der Waals surface area (Å²) >= 11 is 0. The molecule has 3 unspecified atom stereocenters. The van der Waals surface area contributed by atoms with Crippen molar-refractivity contribution in [1.29, 1.82) is 0 Å². The molecular weight excluding hydrogens is 856 g/mol. The van der Waals surface area contributed by atoms with Gasteiger partial charge in [0.15, 0.2) is 24.7 Å². The molecule has 4 aliphatic carbocycles. The van der Waals surface area contributed by atoms with Crippen molar-refractivity contribution in [3.8, 4) is 0 Å². The van der Waals surface area contributed by atoms with Gasteiger partial charge < -0.3 is 94.1 Å². The minimum absolute atomic E-state index is 0.0271. The highest BCUT2D eigenvalue weighted by Gasteiger charge is 2.69. The van der Waals surface area contributed by atoms with Crippen molar-refractivity contribution >= 4 is 0 Å². The minimum Gasteiger partial charge on any atom is -0.394 e. The van der Waals surface area contributed by atoms with E-state index in [1.807, 2.05) is 6.92 Å². The Labute approximate surface area is 381 Å². The Bertz CT molecular complexity index is 1580. The lowest BCUT2D eigenvalue weighted by Crippen LogP contribution is -2.65. The maximum atomic E-state index is 11.2. The van der Waals surface area contributed by atoms with Crippen LogP contribution in [0.3, 0.4) is 0 Å². The lowest BCUT2D eigenvalue weighted by molar-refractivity contribution is -0.373. The predicted octanol–water partition coefficient (Wildman–Crippen LogP) is -1.13. The molecule has 0 aromatic heterocycles. The smallest absolute Gasteiger partial charge is 0.187 e. The third-order valence-corrected chi connectivity index (χ3v) is 18.3. The minimum atomic E-state index is -1.74. The Hall–Kier alpha value is -0.760. The average Bonchev–Trinajstić information content (AvgIpc) is 3.76. The maximum Gasteiger partial charge on any atom is 0.187 e. The number of rotatable bonds is 14.